The molecular formula is C28H32N4O4. The Balaban J connectivity index is 1.54. The molecule has 2 aromatic carbocycles. The highest BCUT2D eigenvalue weighted by atomic mass is 16.5. The summed E-state index contributed by atoms with van der Waals surface area (Å²) < 4.78 is 10.3. The van der Waals surface area contributed by atoms with E-state index in [1.807, 2.05) is 57.2 Å². The number of aromatic nitrogens is 1. The molecule has 0 unspecified atom stereocenters. The molecule has 0 aliphatic carbocycles. The predicted molar refractivity (Wildman–Crippen MR) is 142 cm³/mol. The van der Waals surface area contributed by atoms with E-state index in [2.05, 4.69) is 32.4 Å². The molecule has 0 bridgehead atoms. The second kappa shape index (κ2) is 10.9. The number of morpholine rings is 1. The summed E-state index contributed by atoms with van der Waals surface area (Å²) in [5, 5.41) is 7.54. The van der Waals surface area contributed by atoms with Gasteiger partial charge >= 0.3 is 12.0 Å². The number of fused-ring (bicyclic) bond motifs is 1. The summed E-state index contributed by atoms with van der Waals surface area (Å²) in [6.45, 7) is 10.0. The minimum Gasteiger partial charge on any atom is -0.464 e. The summed E-state index contributed by atoms with van der Waals surface area (Å²) in [4.78, 5) is 30.6. The van der Waals surface area contributed by atoms with Gasteiger partial charge in [-0.3, -0.25) is 4.90 Å². The van der Waals surface area contributed by atoms with E-state index in [1.165, 1.54) is 7.11 Å². The molecule has 1 aliphatic rings. The number of carbonyl (C=O) groups excluding carboxylic acids is 2. The Bertz CT molecular complexity index is 1320. The Kier molecular flexibility index (Phi) is 7.63. The largest absolute Gasteiger partial charge is 0.464 e. The molecule has 1 aromatic heterocycles. The van der Waals surface area contributed by atoms with Gasteiger partial charge in [0.25, 0.3) is 0 Å². The first kappa shape index (κ1) is 25.3. The van der Waals surface area contributed by atoms with Crippen LogP contribution in [0, 0.1) is 11.8 Å². The van der Waals surface area contributed by atoms with Gasteiger partial charge < -0.3 is 25.1 Å². The quantitative estimate of drug-likeness (QED) is 0.369. The lowest BCUT2D eigenvalue weighted by Gasteiger charge is -2.24. The molecule has 0 atom stereocenters. The number of nitrogens with zero attached hydrogens (tertiary/aromatic N) is 1. The number of rotatable bonds is 4. The molecule has 188 valence electrons. The Morgan fingerprint density at radius 3 is 2.44 bits per heavy atom. The number of H-pyrrole nitrogens is 1. The second-order valence-corrected chi connectivity index (χ2v) is 9.69. The van der Waals surface area contributed by atoms with E-state index in [9.17, 15) is 9.59 Å². The molecule has 36 heavy (non-hydrogen) atoms. The third kappa shape index (κ3) is 5.88. The van der Waals surface area contributed by atoms with E-state index in [4.69, 9.17) is 9.47 Å². The number of esters is 1. The molecule has 8 heteroatoms. The number of amides is 2. The van der Waals surface area contributed by atoms with Crippen molar-refractivity contribution in [3.05, 3.63) is 59.4 Å². The summed E-state index contributed by atoms with van der Waals surface area (Å²) >= 11 is 0. The maximum Gasteiger partial charge on any atom is 0.356 e. The minimum atomic E-state index is -0.550. The molecule has 2 heterocycles. The molecule has 1 saturated heterocycles. The van der Waals surface area contributed by atoms with Crippen LogP contribution in [0.4, 0.5) is 16.2 Å². The molecule has 0 saturated carbocycles. The maximum atomic E-state index is 12.9. The number of anilines is 2. The fraction of sp³-hybridized carbons (Fsp3) is 0.357. The molecule has 3 aromatic rings. The van der Waals surface area contributed by atoms with E-state index >= 15 is 0 Å². The molecule has 3 N–H and O–H groups in total. The SMILES string of the molecule is COC(=O)c1[nH]c(C(C)(C)C)cc1NC(=O)Nc1ccc(C#CCN2CCOCC2)c2ccccc12. The Morgan fingerprint density at radius 2 is 1.75 bits per heavy atom. The zero-order chi connectivity index (χ0) is 25.7. The molecule has 4 rings (SSSR count). The van der Waals surface area contributed by atoms with Crippen molar-refractivity contribution in [1.82, 2.24) is 9.88 Å². The highest BCUT2D eigenvalue weighted by Gasteiger charge is 2.24. The van der Waals surface area contributed by atoms with Crippen molar-refractivity contribution in [2.75, 3.05) is 50.6 Å². The summed E-state index contributed by atoms with van der Waals surface area (Å²) in [5.41, 5.74) is 2.68. The number of hydrogen-bond acceptors (Lipinski definition) is 5. The predicted octanol–water partition coefficient (Wildman–Crippen LogP) is 4.58. The van der Waals surface area contributed by atoms with Crippen molar-refractivity contribution >= 4 is 34.1 Å². The van der Waals surface area contributed by atoms with Gasteiger partial charge in [-0.05, 0) is 23.6 Å². The van der Waals surface area contributed by atoms with Crippen LogP contribution in [0.25, 0.3) is 10.8 Å². The maximum absolute atomic E-state index is 12.9. The monoisotopic (exact) mass is 488 g/mol. The Hall–Kier alpha value is -3.80. The van der Waals surface area contributed by atoms with Crippen molar-refractivity contribution in [2.45, 2.75) is 26.2 Å². The number of aromatic amines is 1. The van der Waals surface area contributed by atoms with Crippen LogP contribution in [-0.4, -0.2) is 61.8 Å². The van der Waals surface area contributed by atoms with Crippen LogP contribution in [-0.2, 0) is 14.9 Å². The van der Waals surface area contributed by atoms with Gasteiger partial charge in [-0.25, -0.2) is 9.59 Å². The van der Waals surface area contributed by atoms with Crippen LogP contribution in [0.5, 0.6) is 0 Å². The third-order valence-corrected chi connectivity index (χ3v) is 6.07. The summed E-state index contributed by atoms with van der Waals surface area (Å²) in [5.74, 6) is 6.00. The van der Waals surface area contributed by atoms with Crippen molar-refractivity contribution < 1.29 is 19.1 Å². The van der Waals surface area contributed by atoms with Gasteiger partial charge in [0.15, 0.2) is 0 Å². The smallest absolute Gasteiger partial charge is 0.356 e. The van der Waals surface area contributed by atoms with Gasteiger partial charge in [0.2, 0.25) is 0 Å². The third-order valence-electron chi connectivity index (χ3n) is 6.07. The fourth-order valence-corrected chi connectivity index (χ4v) is 4.02. The van der Waals surface area contributed by atoms with Gasteiger partial charge in [-0.1, -0.05) is 56.9 Å². The lowest BCUT2D eigenvalue weighted by Crippen LogP contribution is -2.36. The topological polar surface area (TPSA) is 95.7 Å². The number of carbonyl (C=O) groups is 2. The van der Waals surface area contributed by atoms with Gasteiger partial charge in [0, 0.05) is 35.1 Å². The summed E-state index contributed by atoms with van der Waals surface area (Å²) in [6.07, 6.45) is 0. The number of urea groups is 1. The van der Waals surface area contributed by atoms with Crippen LogP contribution >= 0.6 is 0 Å². The fourth-order valence-electron chi connectivity index (χ4n) is 4.02. The summed E-state index contributed by atoms with van der Waals surface area (Å²) in [6, 6.07) is 12.9. The van der Waals surface area contributed by atoms with E-state index in [0.717, 1.165) is 48.3 Å². The van der Waals surface area contributed by atoms with E-state index < -0.39 is 12.0 Å². The Labute approximate surface area is 211 Å². The Morgan fingerprint density at radius 1 is 1.06 bits per heavy atom. The van der Waals surface area contributed by atoms with Gasteiger partial charge in [0.05, 0.1) is 38.2 Å². The molecule has 0 radical (unpaired) electrons. The zero-order valence-electron chi connectivity index (χ0n) is 21.2. The first-order valence-corrected chi connectivity index (χ1v) is 12.0. The highest BCUT2D eigenvalue weighted by molar-refractivity contribution is 6.09. The van der Waals surface area contributed by atoms with Crippen LogP contribution in [0.15, 0.2) is 42.5 Å². The average molecular weight is 489 g/mol. The molecule has 1 aliphatic heterocycles. The summed E-state index contributed by atoms with van der Waals surface area (Å²) in [7, 11) is 1.31. The van der Waals surface area contributed by atoms with Crippen molar-refractivity contribution in [3.63, 3.8) is 0 Å². The van der Waals surface area contributed by atoms with E-state index in [-0.39, 0.29) is 11.1 Å². The molecule has 0 spiro atoms. The van der Waals surface area contributed by atoms with Crippen molar-refractivity contribution in [2.24, 2.45) is 0 Å². The normalized spacial score (nSPS) is 14.1. The van der Waals surface area contributed by atoms with Gasteiger partial charge in [-0.15, -0.1) is 0 Å². The van der Waals surface area contributed by atoms with E-state index in [1.54, 1.807) is 6.07 Å². The zero-order valence-corrected chi connectivity index (χ0v) is 21.2. The average Bonchev–Trinajstić information content (AvgIpc) is 3.29. The standard InChI is InChI=1S/C28H32N4O4/c1-28(2,3)24-18-23(25(31-24)26(33)35-4)30-27(34)29-22-12-11-19(20-9-5-6-10-21(20)22)8-7-13-32-14-16-36-17-15-32/h5-6,9-12,18,31H,13-17H2,1-4H3,(H2,29,30,34). The number of nitrogens with one attached hydrogen (secondary N) is 3. The molecule has 1 fully saturated rings. The second-order valence-electron chi connectivity index (χ2n) is 9.69. The lowest BCUT2D eigenvalue weighted by atomic mass is 9.92. The van der Waals surface area contributed by atoms with Gasteiger partial charge in [0.1, 0.15) is 5.69 Å². The molecule has 2 amide bonds. The van der Waals surface area contributed by atoms with Gasteiger partial charge in [-0.2, -0.15) is 0 Å². The van der Waals surface area contributed by atoms with Crippen LogP contribution in [0.3, 0.4) is 0 Å². The van der Waals surface area contributed by atoms with E-state index in [0.29, 0.717) is 17.9 Å². The first-order valence-electron chi connectivity index (χ1n) is 12.0. The molecular weight excluding hydrogens is 456 g/mol. The number of hydrogen-bond donors (Lipinski definition) is 3. The van der Waals surface area contributed by atoms with Crippen LogP contribution in [0.2, 0.25) is 0 Å². The molecule has 8 nitrogen and oxygen atoms in total. The first-order chi connectivity index (χ1) is 17.3. The highest BCUT2D eigenvalue weighted by Crippen LogP contribution is 2.29. The van der Waals surface area contributed by atoms with Crippen LogP contribution < -0.4 is 10.6 Å². The van der Waals surface area contributed by atoms with Crippen molar-refractivity contribution in [3.8, 4) is 11.8 Å². The van der Waals surface area contributed by atoms with Crippen molar-refractivity contribution in [1.29, 1.82) is 0 Å². The van der Waals surface area contributed by atoms with Crippen LogP contribution in [0.1, 0.15) is 42.5 Å². The minimum absolute atomic E-state index is 0.202. The number of methoxy groups -OCH3 is 1. The number of benzene rings is 2. The lowest BCUT2D eigenvalue weighted by molar-refractivity contribution is 0.0443. The number of ether oxygens (including phenoxy) is 2.